The van der Waals surface area contributed by atoms with Gasteiger partial charge in [-0.15, -0.1) is 0 Å². The Hall–Kier alpha value is -3.73. The van der Waals surface area contributed by atoms with Gasteiger partial charge >= 0.3 is 0 Å². The maximum Gasteiger partial charge on any atom is 0.162 e. The fourth-order valence-corrected chi connectivity index (χ4v) is 2.72. The van der Waals surface area contributed by atoms with E-state index in [1.807, 2.05) is 48.5 Å². The van der Waals surface area contributed by atoms with E-state index in [1.54, 1.807) is 30.5 Å². The average Bonchev–Trinajstić information content (AvgIpc) is 2.70. The molecule has 0 aliphatic heterocycles. The van der Waals surface area contributed by atoms with Crippen molar-refractivity contribution in [1.82, 2.24) is 9.97 Å². The summed E-state index contributed by atoms with van der Waals surface area (Å²) < 4.78 is 0. The molecule has 0 saturated heterocycles. The summed E-state index contributed by atoms with van der Waals surface area (Å²) >= 11 is 0. The smallest absolute Gasteiger partial charge is 0.162 e. The van der Waals surface area contributed by atoms with Crippen LogP contribution < -0.4 is 5.43 Å². The Kier molecular flexibility index (Phi) is 4.49. The number of nitrogens with zero attached hydrogens (tertiary/aromatic N) is 3. The summed E-state index contributed by atoms with van der Waals surface area (Å²) in [5.74, 6) is 1.52. The SMILES string of the molecule is Cc1ccc(-c2nc(N/N=C\c3ccc(O)cc3)c3ccccc3n2)cc1. The fraction of sp³-hybridized carbons (Fsp3) is 0.0455. The van der Waals surface area contributed by atoms with Gasteiger partial charge in [0.2, 0.25) is 0 Å². The van der Waals surface area contributed by atoms with Crippen LogP contribution in [0.15, 0.2) is 77.9 Å². The minimum atomic E-state index is 0.227. The largest absolute Gasteiger partial charge is 0.508 e. The van der Waals surface area contributed by atoms with Crippen LogP contribution in [0.3, 0.4) is 0 Å². The molecule has 0 amide bonds. The molecule has 0 atom stereocenters. The second-order valence-corrected chi connectivity index (χ2v) is 6.24. The Bertz CT molecular complexity index is 1100. The summed E-state index contributed by atoms with van der Waals surface area (Å²) in [5.41, 5.74) is 6.90. The van der Waals surface area contributed by atoms with Crippen LogP contribution in [0.2, 0.25) is 0 Å². The molecule has 4 aromatic rings. The highest BCUT2D eigenvalue weighted by Gasteiger charge is 2.08. The van der Waals surface area contributed by atoms with Crippen molar-refractivity contribution in [2.24, 2.45) is 5.10 Å². The lowest BCUT2D eigenvalue weighted by Crippen LogP contribution is -1.99. The minimum absolute atomic E-state index is 0.227. The number of hydrogen-bond acceptors (Lipinski definition) is 5. The van der Waals surface area contributed by atoms with Gasteiger partial charge in [0.15, 0.2) is 11.6 Å². The highest BCUT2D eigenvalue weighted by Crippen LogP contribution is 2.25. The first kappa shape index (κ1) is 16.7. The predicted octanol–water partition coefficient (Wildman–Crippen LogP) is 4.76. The maximum absolute atomic E-state index is 9.36. The number of phenols is 1. The number of aryl methyl sites for hydroxylation is 1. The van der Waals surface area contributed by atoms with E-state index in [9.17, 15) is 5.11 Å². The number of phenolic OH excluding ortho intramolecular Hbond substituents is 1. The second kappa shape index (κ2) is 7.25. The number of fused-ring (bicyclic) bond motifs is 1. The number of benzene rings is 3. The molecule has 5 nitrogen and oxygen atoms in total. The van der Waals surface area contributed by atoms with Crippen LogP contribution in [0.1, 0.15) is 11.1 Å². The number of rotatable bonds is 4. The first-order chi connectivity index (χ1) is 13.2. The second-order valence-electron chi connectivity index (χ2n) is 6.24. The zero-order chi connectivity index (χ0) is 18.6. The summed E-state index contributed by atoms with van der Waals surface area (Å²) in [5, 5.41) is 14.6. The van der Waals surface area contributed by atoms with E-state index in [4.69, 9.17) is 0 Å². The highest BCUT2D eigenvalue weighted by molar-refractivity contribution is 5.91. The molecule has 2 N–H and O–H groups in total. The molecule has 0 unspecified atom stereocenters. The van der Waals surface area contributed by atoms with Crippen molar-refractivity contribution in [3.8, 4) is 17.1 Å². The molecular formula is C22H18N4O. The van der Waals surface area contributed by atoms with Gasteiger partial charge in [0.25, 0.3) is 0 Å². The molecule has 4 rings (SSSR count). The molecule has 132 valence electrons. The van der Waals surface area contributed by atoms with Crippen LogP contribution in [0.4, 0.5) is 5.82 Å². The van der Waals surface area contributed by atoms with Gasteiger partial charge in [0.05, 0.1) is 11.7 Å². The van der Waals surface area contributed by atoms with E-state index in [0.29, 0.717) is 11.6 Å². The first-order valence-corrected chi connectivity index (χ1v) is 8.61. The maximum atomic E-state index is 9.36. The Labute approximate surface area is 157 Å². The molecule has 3 aromatic carbocycles. The Morgan fingerprint density at radius 3 is 2.41 bits per heavy atom. The van der Waals surface area contributed by atoms with E-state index in [0.717, 1.165) is 22.0 Å². The Morgan fingerprint density at radius 1 is 0.889 bits per heavy atom. The van der Waals surface area contributed by atoms with Crippen molar-refractivity contribution in [3.63, 3.8) is 0 Å². The van der Waals surface area contributed by atoms with Crippen LogP contribution in [0.5, 0.6) is 5.75 Å². The van der Waals surface area contributed by atoms with Crippen LogP contribution in [-0.4, -0.2) is 21.3 Å². The van der Waals surface area contributed by atoms with Crippen molar-refractivity contribution in [2.45, 2.75) is 6.92 Å². The van der Waals surface area contributed by atoms with Crippen LogP contribution >= 0.6 is 0 Å². The van der Waals surface area contributed by atoms with Gasteiger partial charge in [-0.25, -0.2) is 9.97 Å². The molecule has 27 heavy (non-hydrogen) atoms. The lowest BCUT2D eigenvalue weighted by atomic mass is 10.1. The van der Waals surface area contributed by atoms with E-state index >= 15 is 0 Å². The van der Waals surface area contributed by atoms with Crippen molar-refractivity contribution >= 4 is 22.9 Å². The normalized spacial score (nSPS) is 11.1. The lowest BCUT2D eigenvalue weighted by Gasteiger charge is -2.08. The average molecular weight is 354 g/mol. The number of anilines is 1. The molecule has 0 radical (unpaired) electrons. The molecule has 0 bridgehead atoms. The van der Waals surface area contributed by atoms with Gasteiger partial charge in [-0.3, -0.25) is 5.43 Å². The van der Waals surface area contributed by atoms with Crippen molar-refractivity contribution < 1.29 is 5.11 Å². The van der Waals surface area contributed by atoms with Crippen LogP contribution in [0.25, 0.3) is 22.3 Å². The van der Waals surface area contributed by atoms with Gasteiger partial charge in [-0.2, -0.15) is 5.10 Å². The molecule has 0 saturated carbocycles. The zero-order valence-electron chi connectivity index (χ0n) is 14.8. The molecular weight excluding hydrogens is 336 g/mol. The van der Waals surface area contributed by atoms with Crippen LogP contribution in [0, 0.1) is 6.92 Å². The molecule has 0 aliphatic rings. The Balaban J connectivity index is 1.70. The number of aromatic hydroxyl groups is 1. The summed E-state index contributed by atoms with van der Waals surface area (Å²) in [6, 6.07) is 22.8. The van der Waals surface area contributed by atoms with Gasteiger partial charge in [-0.05, 0) is 48.9 Å². The number of aromatic nitrogens is 2. The minimum Gasteiger partial charge on any atom is -0.508 e. The topological polar surface area (TPSA) is 70.4 Å². The molecule has 0 spiro atoms. The quantitative estimate of drug-likeness (QED) is 0.410. The van der Waals surface area contributed by atoms with Gasteiger partial charge < -0.3 is 5.11 Å². The van der Waals surface area contributed by atoms with Gasteiger partial charge in [0, 0.05) is 10.9 Å². The third kappa shape index (κ3) is 3.77. The molecule has 1 heterocycles. The number of para-hydroxylation sites is 1. The van der Waals surface area contributed by atoms with E-state index in [-0.39, 0.29) is 5.75 Å². The standard InChI is InChI=1S/C22H18N4O/c1-15-6-10-17(11-7-15)21-24-20-5-3-2-4-19(20)22(25-21)26-23-14-16-8-12-18(27)13-9-16/h2-14,27H,1H3,(H,24,25,26)/b23-14-. The van der Waals surface area contributed by atoms with Gasteiger partial charge in [0.1, 0.15) is 5.75 Å². The number of nitrogens with one attached hydrogen (secondary N) is 1. The summed E-state index contributed by atoms with van der Waals surface area (Å²) in [7, 11) is 0. The van der Waals surface area contributed by atoms with Crippen LogP contribution in [-0.2, 0) is 0 Å². The van der Waals surface area contributed by atoms with Crippen molar-refractivity contribution in [2.75, 3.05) is 5.43 Å². The summed E-state index contributed by atoms with van der Waals surface area (Å²) in [6.45, 7) is 2.05. The first-order valence-electron chi connectivity index (χ1n) is 8.61. The fourth-order valence-electron chi connectivity index (χ4n) is 2.72. The number of hydrogen-bond donors (Lipinski definition) is 2. The lowest BCUT2D eigenvalue weighted by molar-refractivity contribution is 0.475. The monoisotopic (exact) mass is 354 g/mol. The van der Waals surface area contributed by atoms with E-state index < -0.39 is 0 Å². The molecule has 0 aliphatic carbocycles. The third-order valence-electron chi connectivity index (χ3n) is 4.19. The predicted molar refractivity (Wildman–Crippen MR) is 109 cm³/mol. The molecule has 1 aromatic heterocycles. The summed E-state index contributed by atoms with van der Waals surface area (Å²) in [6.07, 6.45) is 1.68. The van der Waals surface area contributed by atoms with E-state index in [1.165, 1.54) is 5.56 Å². The molecule has 5 heteroatoms. The summed E-state index contributed by atoms with van der Waals surface area (Å²) in [4.78, 5) is 9.35. The highest BCUT2D eigenvalue weighted by atomic mass is 16.3. The number of hydrazone groups is 1. The Morgan fingerprint density at radius 2 is 1.63 bits per heavy atom. The third-order valence-corrected chi connectivity index (χ3v) is 4.19. The molecule has 0 fully saturated rings. The van der Waals surface area contributed by atoms with E-state index in [2.05, 4.69) is 27.4 Å². The van der Waals surface area contributed by atoms with Crippen molar-refractivity contribution in [1.29, 1.82) is 0 Å². The zero-order valence-corrected chi connectivity index (χ0v) is 14.8. The van der Waals surface area contributed by atoms with Gasteiger partial charge in [-0.1, -0.05) is 42.0 Å². The van der Waals surface area contributed by atoms with Crippen molar-refractivity contribution in [3.05, 3.63) is 83.9 Å².